The minimum atomic E-state index is -1.43. The summed E-state index contributed by atoms with van der Waals surface area (Å²) in [5, 5.41) is 20.7. The molecule has 4 aromatic heterocycles. The number of aromatic nitrogens is 4. The Balaban J connectivity index is 1.66. The van der Waals surface area contributed by atoms with E-state index in [1.165, 1.54) is 13.8 Å². The molecule has 5 rings (SSSR count). The molecule has 0 aliphatic carbocycles. The SMILES string of the molecule is C[C@@H]1CN(C(=O)C(C)(C)O)[C@@H](C)CN1c1nccc2c1c(-c1ccncc1)cn2-c1cc(C#N)ccn1. The number of amides is 1. The van der Waals surface area contributed by atoms with Gasteiger partial charge in [-0.15, -0.1) is 0 Å². The van der Waals surface area contributed by atoms with Crippen LogP contribution in [-0.4, -0.2) is 66.2 Å². The van der Waals surface area contributed by atoms with Gasteiger partial charge in [-0.25, -0.2) is 9.97 Å². The van der Waals surface area contributed by atoms with Gasteiger partial charge in [-0.05, 0) is 63.6 Å². The fourth-order valence-corrected chi connectivity index (χ4v) is 5.00. The highest BCUT2D eigenvalue weighted by Crippen LogP contribution is 2.39. The normalized spacial score (nSPS) is 18.2. The van der Waals surface area contributed by atoms with E-state index in [2.05, 4.69) is 27.9 Å². The third kappa shape index (κ3) is 4.41. The smallest absolute Gasteiger partial charge is 0.254 e. The van der Waals surface area contributed by atoms with Gasteiger partial charge in [0, 0.05) is 61.7 Å². The van der Waals surface area contributed by atoms with Gasteiger partial charge >= 0.3 is 0 Å². The largest absolute Gasteiger partial charge is 0.381 e. The lowest BCUT2D eigenvalue weighted by Gasteiger charge is -2.46. The van der Waals surface area contributed by atoms with E-state index in [0.29, 0.717) is 24.5 Å². The lowest BCUT2D eigenvalue weighted by atomic mass is 10.0. The molecular weight excluding hydrogens is 466 g/mol. The van der Waals surface area contributed by atoms with Crippen molar-refractivity contribution in [1.82, 2.24) is 24.4 Å². The number of hydrogen-bond acceptors (Lipinski definition) is 7. The number of rotatable bonds is 4. The highest BCUT2D eigenvalue weighted by atomic mass is 16.3. The van der Waals surface area contributed by atoms with Crippen molar-refractivity contribution in [2.45, 2.75) is 45.4 Å². The Labute approximate surface area is 215 Å². The minimum absolute atomic E-state index is 0.0331. The van der Waals surface area contributed by atoms with E-state index in [1.54, 1.807) is 41.8 Å². The number of fused-ring (bicyclic) bond motifs is 1. The van der Waals surface area contributed by atoms with Crippen LogP contribution in [0.2, 0.25) is 0 Å². The van der Waals surface area contributed by atoms with Gasteiger partial charge < -0.3 is 19.5 Å². The molecule has 1 saturated heterocycles. The van der Waals surface area contributed by atoms with Crippen molar-refractivity contribution in [3.05, 3.63) is 66.9 Å². The van der Waals surface area contributed by atoms with Crippen molar-refractivity contribution >= 4 is 22.6 Å². The maximum Gasteiger partial charge on any atom is 0.254 e. The maximum absolute atomic E-state index is 12.9. The molecule has 1 aliphatic heterocycles. The van der Waals surface area contributed by atoms with Crippen molar-refractivity contribution in [3.8, 4) is 23.0 Å². The van der Waals surface area contributed by atoms with Gasteiger partial charge in [0.15, 0.2) is 0 Å². The van der Waals surface area contributed by atoms with Gasteiger partial charge in [0.1, 0.15) is 17.2 Å². The van der Waals surface area contributed by atoms with Crippen LogP contribution < -0.4 is 4.90 Å². The number of nitrogens with zero attached hydrogens (tertiary/aromatic N) is 7. The molecule has 9 nitrogen and oxygen atoms in total. The Hall–Kier alpha value is -4.29. The lowest BCUT2D eigenvalue weighted by Crippen LogP contribution is -2.61. The van der Waals surface area contributed by atoms with E-state index in [-0.39, 0.29) is 18.0 Å². The molecule has 0 aromatic carbocycles. The minimum Gasteiger partial charge on any atom is -0.381 e. The molecule has 1 fully saturated rings. The van der Waals surface area contributed by atoms with Crippen LogP contribution in [0.15, 0.2) is 61.3 Å². The van der Waals surface area contributed by atoms with E-state index in [1.807, 2.05) is 35.9 Å². The third-order valence-corrected chi connectivity index (χ3v) is 6.85. The Morgan fingerprint density at radius 1 is 1.05 bits per heavy atom. The van der Waals surface area contributed by atoms with Crippen LogP contribution >= 0.6 is 0 Å². The van der Waals surface area contributed by atoms with Crippen LogP contribution in [-0.2, 0) is 4.79 Å². The predicted octanol–water partition coefficient (Wildman–Crippen LogP) is 3.55. The first-order chi connectivity index (χ1) is 17.7. The summed E-state index contributed by atoms with van der Waals surface area (Å²) in [5.41, 5.74) is 1.97. The highest BCUT2D eigenvalue weighted by Gasteiger charge is 2.38. The van der Waals surface area contributed by atoms with Crippen LogP contribution in [0.3, 0.4) is 0 Å². The fourth-order valence-electron chi connectivity index (χ4n) is 5.00. The second-order valence-corrected chi connectivity index (χ2v) is 10.1. The number of pyridine rings is 3. The maximum atomic E-state index is 12.9. The van der Waals surface area contributed by atoms with Crippen molar-refractivity contribution in [2.75, 3.05) is 18.0 Å². The van der Waals surface area contributed by atoms with Crippen LogP contribution in [0.4, 0.5) is 5.82 Å². The monoisotopic (exact) mass is 495 g/mol. The molecule has 1 aliphatic rings. The van der Waals surface area contributed by atoms with E-state index >= 15 is 0 Å². The van der Waals surface area contributed by atoms with E-state index in [0.717, 1.165) is 27.8 Å². The molecule has 188 valence electrons. The van der Waals surface area contributed by atoms with Gasteiger partial charge in [0.2, 0.25) is 0 Å². The quantitative estimate of drug-likeness (QED) is 0.461. The Kier molecular flexibility index (Phi) is 6.13. The van der Waals surface area contributed by atoms with Gasteiger partial charge in [-0.3, -0.25) is 9.78 Å². The zero-order valence-electron chi connectivity index (χ0n) is 21.3. The number of hydrogen-bond donors (Lipinski definition) is 1. The topological polar surface area (TPSA) is 111 Å². The summed E-state index contributed by atoms with van der Waals surface area (Å²) in [4.78, 5) is 30.4. The Morgan fingerprint density at radius 2 is 1.78 bits per heavy atom. The molecule has 0 unspecified atom stereocenters. The summed E-state index contributed by atoms with van der Waals surface area (Å²) >= 11 is 0. The first kappa shape index (κ1) is 24.4. The zero-order chi connectivity index (χ0) is 26.3. The summed E-state index contributed by atoms with van der Waals surface area (Å²) in [6.45, 7) is 8.16. The van der Waals surface area contributed by atoms with E-state index in [9.17, 15) is 15.2 Å². The number of carbonyl (C=O) groups is 1. The molecule has 0 saturated carbocycles. The van der Waals surface area contributed by atoms with Crippen molar-refractivity contribution in [1.29, 1.82) is 5.26 Å². The molecule has 37 heavy (non-hydrogen) atoms. The molecule has 5 heterocycles. The molecule has 1 N–H and O–H groups in total. The molecule has 0 radical (unpaired) electrons. The Morgan fingerprint density at radius 3 is 2.49 bits per heavy atom. The van der Waals surface area contributed by atoms with Gasteiger partial charge in [0.25, 0.3) is 5.91 Å². The number of aliphatic hydroxyl groups is 1. The second kappa shape index (κ2) is 9.30. The van der Waals surface area contributed by atoms with Gasteiger partial charge in [0.05, 0.1) is 22.5 Å². The van der Waals surface area contributed by atoms with Crippen LogP contribution in [0.5, 0.6) is 0 Å². The standard InChI is InChI=1S/C28H29N7O2/c1-18-16-34(27(36)28(3,4)37)19(2)15-33(18)26-25-22(21-6-9-30-10-7-21)17-35(23(25)8-12-32-26)24-13-20(14-29)5-11-31-24/h5-13,17-19,37H,15-16H2,1-4H3/t18-,19+/m1/s1. The summed E-state index contributed by atoms with van der Waals surface area (Å²) in [5.74, 6) is 1.18. The van der Waals surface area contributed by atoms with Gasteiger partial charge in [-0.2, -0.15) is 5.26 Å². The predicted molar refractivity (Wildman–Crippen MR) is 141 cm³/mol. The molecule has 0 spiro atoms. The van der Waals surface area contributed by atoms with Crippen molar-refractivity contribution < 1.29 is 9.90 Å². The number of anilines is 1. The summed E-state index contributed by atoms with van der Waals surface area (Å²) in [6.07, 6.45) is 8.96. The third-order valence-electron chi connectivity index (χ3n) is 6.85. The average molecular weight is 496 g/mol. The number of nitriles is 1. The Bertz CT molecular complexity index is 1500. The number of piperazine rings is 1. The zero-order valence-corrected chi connectivity index (χ0v) is 21.3. The molecule has 9 heteroatoms. The molecular formula is C28H29N7O2. The summed E-state index contributed by atoms with van der Waals surface area (Å²) in [6, 6.07) is 11.4. The average Bonchev–Trinajstić information content (AvgIpc) is 3.29. The molecule has 2 atom stereocenters. The van der Waals surface area contributed by atoms with E-state index in [4.69, 9.17) is 4.98 Å². The molecule has 0 bridgehead atoms. The van der Waals surface area contributed by atoms with E-state index < -0.39 is 5.60 Å². The molecule has 4 aromatic rings. The highest BCUT2D eigenvalue weighted by molar-refractivity contribution is 6.04. The fraction of sp³-hybridized carbons (Fsp3) is 0.321. The molecule has 1 amide bonds. The van der Waals surface area contributed by atoms with Crippen LogP contribution in [0.25, 0.3) is 27.8 Å². The summed E-state index contributed by atoms with van der Waals surface area (Å²) < 4.78 is 1.99. The first-order valence-electron chi connectivity index (χ1n) is 12.3. The van der Waals surface area contributed by atoms with Gasteiger partial charge in [-0.1, -0.05) is 0 Å². The van der Waals surface area contributed by atoms with Crippen LogP contribution in [0, 0.1) is 11.3 Å². The first-order valence-corrected chi connectivity index (χ1v) is 12.3. The number of carbonyl (C=O) groups excluding carboxylic acids is 1. The van der Waals surface area contributed by atoms with Crippen LogP contribution in [0.1, 0.15) is 33.3 Å². The lowest BCUT2D eigenvalue weighted by molar-refractivity contribution is -0.151. The van der Waals surface area contributed by atoms with Crippen molar-refractivity contribution in [2.24, 2.45) is 0 Å². The summed E-state index contributed by atoms with van der Waals surface area (Å²) in [7, 11) is 0. The second-order valence-electron chi connectivity index (χ2n) is 10.1. The van der Waals surface area contributed by atoms with Crippen molar-refractivity contribution in [3.63, 3.8) is 0 Å².